The third-order valence-corrected chi connectivity index (χ3v) is 11.1. The fraction of sp³-hybridized carbons (Fsp3) is 0.882. The number of rotatable bonds is 5. The molecule has 0 radical (unpaired) electrons. The minimum absolute atomic E-state index is 0.119. The van der Waals surface area contributed by atoms with Crippen molar-refractivity contribution in [2.45, 2.75) is 77.2 Å². The van der Waals surface area contributed by atoms with E-state index in [-0.39, 0.29) is 32.7 Å². The first-order valence-corrected chi connectivity index (χ1v) is 13.2. The quantitative estimate of drug-likeness (QED) is 0.560. The Morgan fingerprint density at radius 2 is 2.17 bits per heavy atom. The molecule has 4 aliphatic rings. The highest BCUT2D eigenvalue weighted by atomic mass is 28.9. The Hall–Kier alpha value is -0.0413. The van der Waals surface area contributed by atoms with Crippen LogP contribution in [0, 0.1) is 17.3 Å². The summed E-state index contributed by atoms with van der Waals surface area (Å²) in [6, 6.07) is 1.28. The van der Waals surface area contributed by atoms with E-state index in [1.807, 2.05) is 6.08 Å². The topological polar surface area (TPSA) is 30.8 Å². The van der Waals surface area contributed by atoms with Crippen molar-refractivity contribution in [1.82, 2.24) is 0 Å². The van der Waals surface area contributed by atoms with Gasteiger partial charge in [-0.25, -0.2) is 0 Å². The summed E-state index contributed by atoms with van der Waals surface area (Å²) in [5.41, 5.74) is 0.282. The SMILES string of the molecule is C=CC[C@H](N=[Si]=[Si](C)CC)B1O[C@@H]2C[C@@H]3C[C@@H](C3(C)C)[C@]2(C)O1. The van der Waals surface area contributed by atoms with Crippen molar-refractivity contribution in [2.24, 2.45) is 21.9 Å². The third kappa shape index (κ3) is 2.90. The first kappa shape index (κ1) is 17.8. The number of hydrogen-bond acceptors (Lipinski definition) is 3. The van der Waals surface area contributed by atoms with Crippen LogP contribution in [-0.4, -0.2) is 41.1 Å². The standard InChI is InChI=1S/C17H30BNO2Si2/c1-7-9-15(19-22-23(6)8-2)18-20-14-11-12-10-13(16(12,3)4)17(14,5)21-18/h7,12-15H,1,8-11H2,2-6H3/t12-,13-,14+,15-,17-/m0/s1. The van der Waals surface area contributed by atoms with E-state index in [1.54, 1.807) is 0 Å². The largest absolute Gasteiger partial charge is 0.484 e. The highest BCUT2D eigenvalue weighted by molar-refractivity contribution is 6.80. The zero-order chi connectivity index (χ0) is 16.8. The molecular formula is C17H30BNO2Si2. The van der Waals surface area contributed by atoms with Gasteiger partial charge in [-0.15, -0.1) is 6.58 Å². The molecule has 126 valence electrons. The van der Waals surface area contributed by atoms with Gasteiger partial charge in [-0.3, -0.25) is 4.63 Å². The summed E-state index contributed by atoms with van der Waals surface area (Å²) in [7, 11) is 0.241. The van der Waals surface area contributed by atoms with Crippen molar-refractivity contribution in [2.75, 3.05) is 0 Å². The fourth-order valence-corrected chi connectivity index (χ4v) is 7.14. The van der Waals surface area contributed by atoms with Crippen LogP contribution in [0.5, 0.6) is 0 Å². The fourth-order valence-electron chi connectivity index (χ4n) is 4.73. The van der Waals surface area contributed by atoms with Gasteiger partial charge in [-0.05, 0) is 49.5 Å². The predicted molar refractivity (Wildman–Crippen MR) is 99.0 cm³/mol. The van der Waals surface area contributed by atoms with E-state index in [1.165, 1.54) is 12.5 Å². The summed E-state index contributed by atoms with van der Waals surface area (Å²) in [6.45, 7) is 15.7. The Bertz CT molecular complexity index is 561. The third-order valence-electron chi connectivity index (χ3n) is 6.64. The molecule has 3 nitrogen and oxygen atoms in total. The molecule has 4 rings (SSSR count). The van der Waals surface area contributed by atoms with Gasteiger partial charge in [0.05, 0.1) is 25.5 Å². The van der Waals surface area contributed by atoms with Crippen molar-refractivity contribution < 1.29 is 9.31 Å². The lowest BCUT2D eigenvalue weighted by Crippen LogP contribution is -2.65. The van der Waals surface area contributed by atoms with Crippen LogP contribution in [0.3, 0.4) is 0 Å². The number of nitrogens with zero attached hydrogens (tertiary/aromatic N) is 1. The predicted octanol–water partition coefficient (Wildman–Crippen LogP) is 3.73. The zero-order valence-corrected chi connectivity index (χ0v) is 17.3. The Morgan fingerprint density at radius 3 is 2.78 bits per heavy atom. The summed E-state index contributed by atoms with van der Waals surface area (Å²) in [5, 5.41) is 0. The van der Waals surface area contributed by atoms with Gasteiger partial charge in [0, 0.05) is 8.41 Å². The molecule has 0 amide bonds. The molecule has 0 N–H and O–H groups in total. The van der Waals surface area contributed by atoms with Crippen LogP contribution in [0.1, 0.15) is 47.0 Å². The van der Waals surface area contributed by atoms with Gasteiger partial charge < -0.3 is 9.31 Å². The lowest BCUT2D eigenvalue weighted by atomic mass is 9.43. The maximum Gasteiger partial charge on any atom is 0.484 e. The Labute approximate surface area is 144 Å². The van der Waals surface area contributed by atoms with Crippen LogP contribution in [0.15, 0.2) is 17.3 Å². The lowest BCUT2D eigenvalue weighted by molar-refractivity contribution is -0.199. The van der Waals surface area contributed by atoms with Crippen LogP contribution in [0.4, 0.5) is 0 Å². The summed E-state index contributed by atoms with van der Waals surface area (Å²) in [4.78, 5) is 0. The van der Waals surface area contributed by atoms with Crippen LogP contribution < -0.4 is 0 Å². The van der Waals surface area contributed by atoms with Crippen LogP contribution in [0.25, 0.3) is 0 Å². The molecule has 0 aromatic heterocycles. The molecule has 1 aliphatic heterocycles. The summed E-state index contributed by atoms with van der Waals surface area (Å²) >= 11 is 0. The summed E-state index contributed by atoms with van der Waals surface area (Å²) in [5.74, 6) is 1.55. The van der Waals surface area contributed by atoms with Gasteiger partial charge in [0.2, 0.25) is 0 Å². The monoisotopic (exact) mass is 347 g/mol. The summed E-state index contributed by atoms with van der Waals surface area (Å²) in [6.07, 6.45) is 5.54. The average molecular weight is 347 g/mol. The van der Waals surface area contributed by atoms with Crippen molar-refractivity contribution in [1.29, 1.82) is 0 Å². The van der Waals surface area contributed by atoms with E-state index in [9.17, 15) is 0 Å². The molecule has 23 heavy (non-hydrogen) atoms. The van der Waals surface area contributed by atoms with Gasteiger partial charge in [0.25, 0.3) is 0 Å². The van der Waals surface area contributed by atoms with Crippen molar-refractivity contribution in [3.63, 3.8) is 0 Å². The molecule has 2 bridgehead atoms. The minimum atomic E-state index is -0.316. The van der Waals surface area contributed by atoms with Gasteiger partial charge >= 0.3 is 7.12 Å². The maximum atomic E-state index is 6.57. The van der Waals surface area contributed by atoms with E-state index in [2.05, 4.69) is 40.8 Å². The molecule has 1 heterocycles. The normalized spacial score (nSPS) is 38.1. The highest BCUT2D eigenvalue weighted by Gasteiger charge is 2.68. The molecule has 6 heteroatoms. The molecule has 3 aliphatic carbocycles. The second-order valence-electron chi connectivity index (χ2n) is 8.30. The second kappa shape index (κ2) is 6.36. The van der Waals surface area contributed by atoms with E-state index >= 15 is 0 Å². The molecule has 3 saturated carbocycles. The smallest absolute Gasteiger partial charge is 0.404 e. The van der Waals surface area contributed by atoms with Crippen LogP contribution in [0.2, 0.25) is 12.6 Å². The van der Waals surface area contributed by atoms with E-state index in [4.69, 9.17) is 13.9 Å². The van der Waals surface area contributed by atoms with Crippen LogP contribution in [-0.2, 0) is 9.31 Å². The van der Waals surface area contributed by atoms with Gasteiger partial charge in [0.1, 0.15) is 0 Å². The molecule has 0 aromatic rings. The zero-order valence-electron chi connectivity index (χ0n) is 15.3. The van der Waals surface area contributed by atoms with Gasteiger partial charge in [-0.1, -0.05) is 33.4 Å². The first-order chi connectivity index (χ1) is 10.8. The average Bonchev–Trinajstić information content (AvgIpc) is 2.87. The second-order valence-corrected chi connectivity index (χ2v) is 14.3. The van der Waals surface area contributed by atoms with Gasteiger partial charge in [0.15, 0.2) is 0 Å². The van der Waals surface area contributed by atoms with E-state index in [0.29, 0.717) is 11.3 Å². The van der Waals surface area contributed by atoms with Crippen molar-refractivity contribution >= 4 is 23.4 Å². The maximum absolute atomic E-state index is 6.57. The first-order valence-electron chi connectivity index (χ1n) is 9.05. The van der Waals surface area contributed by atoms with E-state index < -0.39 is 0 Å². The number of hydrogen-bond donors (Lipinski definition) is 0. The molecule has 4 fully saturated rings. The molecule has 1 saturated heterocycles. The molecule has 0 unspecified atom stereocenters. The molecular weight excluding hydrogens is 317 g/mol. The Morgan fingerprint density at radius 1 is 1.43 bits per heavy atom. The van der Waals surface area contributed by atoms with Crippen molar-refractivity contribution in [3.8, 4) is 0 Å². The summed E-state index contributed by atoms with van der Waals surface area (Å²) < 4.78 is 17.9. The van der Waals surface area contributed by atoms with E-state index in [0.717, 1.165) is 27.2 Å². The minimum Gasteiger partial charge on any atom is -0.404 e. The van der Waals surface area contributed by atoms with Gasteiger partial charge in [-0.2, -0.15) is 0 Å². The molecule has 0 spiro atoms. The van der Waals surface area contributed by atoms with Crippen molar-refractivity contribution in [3.05, 3.63) is 12.7 Å². The Kier molecular flexibility index (Phi) is 4.91. The molecule has 0 aromatic carbocycles. The Balaban J connectivity index is 1.80. The van der Waals surface area contributed by atoms with Crippen LogP contribution >= 0.6 is 0 Å². The highest BCUT2D eigenvalue weighted by Crippen LogP contribution is 2.65. The lowest BCUT2D eigenvalue weighted by Gasteiger charge is -2.64. The molecule has 5 atom stereocenters.